The molecule has 46 heavy (non-hydrogen) atoms. The summed E-state index contributed by atoms with van der Waals surface area (Å²) in [5, 5.41) is 14.7. The van der Waals surface area contributed by atoms with Gasteiger partial charge in [-0.15, -0.1) is 0 Å². The molecule has 2 saturated heterocycles. The minimum absolute atomic E-state index is 0.00887. The Hall–Kier alpha value is -3.65. The molecule has 3 aromatic rings. The molecular weight excluding hydrogens is 605 g/mol. The average Bonchev–Trinajstić information content (AvgIpc) is 3.25. The highest BCUT2D eigenvalue weighted by Crippen LogP contribution is 2.40. The Morgan fingerprint density at radius 1 is 1.11 bits per heavy atom. The highest BCUT2D eigenvalue weighted by Gasteiger charge is 2.54. The summed E-state index contributed by atoms with van der Waals surface area (Å²) in [5.41, 5.74) is 5.18. The SMILES string of the molecule is C[C@H](Oc1nc(/C(N)=N/O)nc(N2CCOCC(C)(O[Si](c3ccccc3)(c3ccccc3)C(C)(C)C)C2)n1)[C@@H]1C[C@@H](F)CN1C. The van der Waals surface area contributed by atoms with Gasteiger partial charge in [0.05, 0.1) is 25.4 Å². The van der Waals surface area contributed by atoms with Crippen molar-refractivity contribution in [2.45, 2.75) is 70.0 Å². The molecule has 3 N–H and O–H groups in total. The molecule has 0 bridgehead atoms. The van der Waals surface area contributed by atoms with Gasteiger partial charge in [0, 0.05) is 19.1 Å². The summed E-state index contributed by atoms with van der Waals surface area (Å²) in [4.78, 5) is 17.5. The molecule has 2 aromatic carbocycles. The number of rotatable bonds is 9. The van der Waals surface area contributed by atoms with E-state index in [4.69, 9.17) is 19.6 Å². The summed E-state index contributed by atoms with van der Waals surface area (Å²) in [6, 6.07) is 20.8. The lowest BCUT2D eigenvalue weighted by molar-refractivity contribution is -0.000403. The topological polar surface area (TPSA) is 131 Å². The van der Waals surface area contributed by atoms with Crippen LogP contribution in [0.5, 0.6) is 6.01 Å². The predicted octanol–water partition coefficient (Wildman–Crippen LogP) is 2.95. The Balaban J connectivity index is 1.52. The van der Waals surface area contributed by atoms with Gasteiger partial charge in [-0.1, -0.05) is 86.6 Å². The lowest BCUT2D eigenvalue weighted by Gasteiger charge is -2.48. The molecule has 2 aliphatic rings. The standard InChI is InChI=1S/C33H46FN7O4Si/c1-23(27-19-24(34)20-40(27)6)44-31-37-29(28(35)39-42)36-30(38-31)41-17-18-43-22-33(5,21-41)45-46(32(2,3)4,25-13-9-7-10-14-25)26-15-11-8-12-16-26/h7-16,23-24,27,42H,17-22H2,1-6H3,(H2,35,39)/t23-,24+,27-,33?/m0/s1. The number of likely N-dealkylation sites (tertiary alicyclic amines) is 1. The molecule has 0 amide bonds. The number of amidine groups is 1. The second-order valence-corrected chi connectivity index (χ2v) is 17.8. The number of nitrogens with two attached hydrogens (primary N) is 1. The van der Waals surface area contributed by atoms with Crippen LogP contribution >= 0.6 is 0 Å². The third-order valence-corrected chi connectivity index (χ3v) is 14.1. The molecule has 0 aliphatic carbocycles. The van der Waals surface area contributed by atoms with Gasteiger partial charge in [-0.25, -0.2) is 4.39 Å². The summed E-state index contributed by atoms with van der Waals surface area (Å²) < 4.78 is 34.1. The van der Waals surface area contributed by atoms with Gasteiger partial charge < -0.3 is 29.7 Å². The van der Waals surface area contributed by atoms with E-state index < -0.39 is 26.2 Å². The zero-order valence-electron chi connectivity index (χ0n) is 27.6. The summed E-state index contributed by atoms with van der Waals surface area (Å²) in [5.74, 6) is -0.0253. The number of hydrogen-bond acceptors (Lipinski definition) is 10. The fourth-order valence-corrected chi connectivity index (χ4v) is 11.5. The van der Waals surface area contributed by atoms with E-state index >= 15 is 0 Å². The van der Waals surface area contributed by atoms with Crippen molar-refractivity contribution in [3.8, 4) is 6.01 Å². The second kappa shape index (κ2) is 13.6. The second-order valence-electron chi connectivity index (χ2n) is 13.6. The number of benzene rings is 2. The zero-order valence-corrected chi connectivity index (χ0v) is 28.6. The van der Waals surface area contributed by atoms with Crippen LogP contribution in [0, 0.1) is 0 Å². The number of aromatic nitrogens is 3. The normalized spacial score (nSPS) is 24.1. The van der Waals surface area contributed by atoms with E-state index in [1.807, 2.05) is 35.9 Å². The molecule has 2 aliphatic heterocycles. The van der Waals surface area contributed by atoms with Crippen LogP contribution in [0.2, 0.25) is 5.04 Å². The van der Waals surface area contributed by atoms with Crippen molar-refractivity contribution in [3.63, 3.8) is 0 Å². The molecule has 0 saturated carbocycles. The number of likely N-dealkylation sites (N-methyl/N-ethyl adjacent to an activating group) is 1. The van der Waals surface area contributed by atoms with Crippen molar-refractivity contribution in [2.24, 2.45) is 10.9 Å². The largest absolute Gasteiger partial charge is 0.459 e. The molecule has 11 nitrogen and oxygen atoms in total. The van der Waals surface area contributed by atoms with Crippen LogP contribution in [-0.4, -0.2) is 103 Å². The Bertz CT molecular complexity index is 1460. The van der Waals surface area contributed by atoms with Crippen LogP contribution in [0.4, 0.5) is 10.3 Å². The fraction of sp³-hybridized carbons (Fsp3) is 0.515. The molecule has 3 heterocycles. The van der Waals surface area contributed by atoms with Gasteiger partial charge in [-0.05, 0) is 42.7 Å². The molecule has 4 atom stereocenters. The predicted molar refractivity (Wildman–Crippen MR) is 179 cm³/mol. The number of oxime groups is 1. The molecule has 0 radical (unpaired) electrons. The van der Waals surface area contributed by atoms with E-state index in [1.54, 1.807) is 0 Å². The first-order valence-corrected chi connectivity index (χ1v) is 17.6. The van der Waals surface area contributed by atoms with E-state index in [9.17, 15) is 9.60 Å². The van der Waals surface area contributed by atoms with Crippen LogP contribution in [0.25, 0.3) is 0 Å². The first-order valence-electron chi connectivity index (χ1n) is 15.7. The van der Waals surface area contributed by atoms with Crippen molar-refractivity contribution in [2.75, 3.05) is 44.8 Å². The Morgan fingerprint density at radius 3 is 2.28 bits per heavy atom. The number of alkyl halides is 1. The van der Waals surface area contributed by atoms with Gasteiger partial charge in [-0.3, -0.25) is 4.90 Å². The number of ether oxygens (including phenoxy) is 2. The first-order chi connectivity index (χ1) is 21.8. The van der Waals surface area contributed by atoms with Gasteiger partial charge in [-0.2, -0.15) is 15.0 Å². The van der Waals surface area contributed by atoms with Gasteiger partial charge >= 0.3 is 6.01 Å². The highest BCUT2D eigenvalue weighted by atomic mass is 28.4. The van der Waals surface area contributed by atoms with Crippen LogP contribution < -0.4 is 25.7 Å². The third-order valence-electron chi connectivity index (χ3n) is 8.86. The van der Waals surface area contributed by atoms with Gasteiger partial charge in [0.2, 0.25) is 17.6 Å². The van der Waals surface area contributed by atoms with E-state index in [0.717, 1.165) is 10.4 Å². The van der Waals surface area contributed by atoms with E-state index in [-0.39, 0.29) is 34.7 Å². The third kappa shape index (κ3) is 7.02. The highest BCUT2D eigenvalue weighted by molar-refractivity contribution is 6.99. The van der Waals surface area contributed by atoms with Crippen molar-refractivity contribution < 1.29 is 23.5 Å². The molecule has 2 fully saturated rings. The lowest BCUT2D eigenvalue weighted by atomic mass is 10.1. The lowest BCUT2D eigenvalue weighted by Crippen LogP contribution is -2.70. The van der Waals surface area contributed by atoms with Gasteiger partial charge in [0.15, 0.2) is 0 Å². The zero-order chi connectivity index (χ0) is 33.1. The Kier molecular flexibility index (Phi) is 9.97. The van der Waals surface area contributed by atoms with Crippen molar-refractivity contribution in [1.82, 2.24) is 19.9 Å². The van der Waals surface area contributed by atoms with E-state index in [2.05, 4.69) is 96.3 Å². The molecule has 0 spiro atoms. The van der Waals surface area contributed by atoms with Gasteiger partial charge in [0.1, 0.15) is 12.3 Å². The molecule has 13 heteroatoms. The average molecular weight is 652 g/mol. The summed E-state index contributed by atoms with van der Waals surface area (Å²) >= 11 is 0. The molecule has 5 rings (SSSR count). The van der Waals surface area contributed by atoms with Crippen LogP contribution in [0.1, 0.15) is 46.9 Å². The summed E-state index contributed by atoms with van der Waals surface area (Å²) in [6.07, 6.45) is -0.991. The Labute approximate surface area is 271 Å². The van der Waals surface area contributed by atoms with Crippen LogP contribution in [0.15, 0.2) is 65.8 Å². The summed E-state index contributed by atoms with van der Waals surface area (Å²) in [6.45, 7) is 12.6. The van der Waals surface area contributed by atoms with Crippen LogP contribution in [-0.2, 0) is 9.16 Å². The van der Waals surface area contributed by atoms with Crippen molar-refractivity contribution in [1.29, 1.82) is 0 Å². The number of nitrogens with zero attached hydrogens (tertiary/aromatic N) is 6. The van der Waals surface area contributed by atoms with Crippen molar-refractivity contribution >= 4 is 30.5 Å². The number of halogens is 1. The molecular formula is C33H46FN7O4Si. The maximum Gasteiger partial charge on any atom is 0.322 e. The summed E-state index contributed by atoms with van der Waals surface area (Å²) in [7, 11) is -1.08. The van der Waals surface area contributed by atoms with E-state index in [1.165, 1.54) is 0 Å². The maximum atomic E-state index is 14.1. The molecule has 1 aromatic heterocycles. The van der Waals surface area contributed by atoms with Crippen molar-refractivity contribution in [3.05, 3.63) is 66.5 Å². The monoisotopic (exact) mass is 651 g/mol. The number of anilines is 1. The fourth-order valence-electron chi connectivity index (χ4n) is 6.70. The molecule has 1 unspecified atom stereocenters. The smallest absolute Gasteiger partial charge is 0.322 e. The van der Waals surface area contributed by atoms with Crippen LogP contribution in [0.3, 0.4) is 0 Å². The Morgan fingerprint density at radius 2 is 1.74 bits per heavy atom. The quantitative estimate of drug-likeness (QED) is 0.117. The maximum absolute atomic E-state index is 14.1. The van der Waals surface area contributed by atoms with Gasteiger partial charge in [0.25, 0.3) is 8.32 Å². The van der Waals surface area contributed by atoms with E-state index in [0.29, 0.717) is 39.3 Å². The minimum Gasteiger partial charge on any atom is -0.459 e. The molecule has 248 valence electrons. The number of hydrogen-bond donors (Lipinski definition) is 2. The minimum atomic E-state index is -2.95. The first kappa shape index (κ1) is 33.7.